The minimum Gasteiger partial charge on any atom is -0.377 e. The zero-order valence-corrected chi connectivity index (χ0v) is 11.5. The first-order valence-corrected chi connectivity index (χ1v) is 6.31. The molecule has 0 spiro atoms. The minimum absolute atomic E-state index is 0.111. The Kier molecular flexibility index (Phi) is 4.38. The summed E-state index contributed by atoms with van der Waals surface area (Å²) < 4.78 is 5.65. The van der Waals surface area contributed by atoms with Gasteiger partial charge in [0.1, 0.15) is 0 Å². The van der Waals surface area contributed by atoms with Gasteiger partial charge in [0.05, 0.1) is 6.10 Å². The van der Waals surface area contributed by atoms with Gasteiger partial charge in [-0.1, -0.05) is 13.8 Å². The molecule has 1 aliphatic heterocycles. The second-order valence-corrected chi connectivity index (χ2v) is 6.44. The van der Waals surface area contributed by atoms with Gasteiger partial charge in [0.25, 0.3) is 0 Å². The van der Waals surface area contributed by atoms with Crippen LogP contribution in [-0.4, -0.2) is 43.3 Å². The van der Waals surface area contributed by atoms with Crippen molar-refractivity contribution in [3.8, 4) is 0 Å². The van der Waals surface area contributed by atoms with Crippen molar-refractivity contribution >= 4 is 0 Å². The van der Waals surface area contributed by atoms with Crippen molar-refractivity contribution in [1.29, 1.82) is 0 Å². The third-order valence-corrected chi connectivity index (χ3v) is 3.95. The predicted molar refractivity (Wildman–Crippen MR) is 68.5 cm³/mol. The zero-order valence-electron chi connectivity index (χ0n) is 11.5. The standard InChI is InChI=1S/C13H28N2O/c1-12(2,13(3,4)14)10-15(5)9-11-7-6-8-16-11/h11H,6-10,14H2,1-5H3. The largest absolute Gasteiger partial charge is 0.377 e. The maximum absolute atomic E-state index is 6.21. The average molecular weight is 228 g/mol. The SMILES string of the molecule is CN(CC1CCCO1)CC(C)(C)C(C)(C)N. The summed E-state index contributed by atoms with van der Waals surface area (Å²) in [7, 11) is 2.16. The Balaban J connectivity index is 2.40. The second kappa shape index (κ2) is 5.03. The zero-order chi connectivity index (χ0) is 12.4. The summed E-state index contributed by atoms with van der Waals surface area (Å²) in [5.41, 5.74) is 6.17. The Morgan fingerprint density at radius 1 is 1.31 bits per heavy atom. The highest BCUT2D eigenvalue weighted by atomic mass is 16.5. The summed E-state index contributed by atoms with van der Waals surface area (Å²) >= 11 is 0. The van der Waals surface area contributed by atoms with E-state index in [1.54, 1.807) is 0 Å². The third-order valence-electron chi connectivity index (χ3n) is 3.95. The number of likely N-dealkylation sites (N-methyl/N-ethyl adjacent to an activating group) is 1. The summed E-state index contributed by atoms with van der Waals surface area (Å²) in [6, 6.07) is 0. The van der Waals surface area contributed by atoms with E-state index >= 15 is 0 Å². The molecule has 96 valence electrons. The molecule has 0 radical (unpaired) electrons. The molecule has 1 rings (SSSR count). The third kappa shape index (κ3) is 3.72. The number of ether oxygens (including phenoxy) is 1. The maximum atomic E-state index is 6.21. The first kappa shape index (κ1) is 13.9. The van der Waals surface area contributed by atoms with E-state index in [1.807, 2.05) is 0 Å². The van der Waals surface area contributed by atoms with E-state index in [9.17, 15) is 0 Å². The molecular formula is C13H28N2O. The van der Waals surface area contributed by atoms with Crippen LogP contribution in [0, 0.1) is 5.41 Å². The summed E-state index contributed by atoms with van der Waals surface area (Å²) in [4.78, 5) is 2.35. The molecule has 0 amide bonds. The fourth-order valence-electron chi connectivity index (χ4n) is 2.08. The molecule has 0 aromatic heterocycles. The van der Waals surface area contributed by atoms with E-state index in [1.165, 1.54) is 12.8 Å². The molecule has 0 aromatic rings. The molecule has 1 atom stereocenters. The predicted octanol–water partition coefficient (Wildman–Crippen LogP) is 1.86. The molecule has 1 fully saturated rings. The lowest BCUT2D eigenvalue weighted by atomic mass is 9.75. The molecule has 1 heterocycles. The van der Waals surface area contributed by atoms with E-state index in [2.05, 4.69) is 39.6 Å². The van der Waals surface area contributed by atoms with Gasteiger partial charge >= 0.3 is 0 Å². The lowest BCUT2D eigenvalue weighted by molar-refractivity contribution is 0.0571. The normalized spacial score (nSPS) is 23.1. The highest BCUT2D eigenvalue weighted by molar-refractivity contribution is 4.92. The number of hydrogen-bond donors (Lipinski definition) is 1. The molecule has 1 saturated heterocycles. The van der Waals surface area contributed by atoms with E-state index in [4.69, 9.17) is 10.5 Å². The molecule has 3 heteroatoms. The van der Waals surface area contributed by atoms with Gasteiger partial charge in [-0.05, 0) is 39.2 Å². The van der Waals surface area contributed by atoms with Crippen LogP contribution < -0.4 is 5.73 Å². The van der Waals surface area contributed by atoms with E-state index < -0.39 is 0 Å². The van der Waals surface area contributed by atoms with Crippen molar-refractivity contribution in [1.82, 2.24) is 4.90 Å². The lowest BCUT2D eigenvalue weighted by Gasteiger charge is -2.41. The maximum Gasteiger partial charge on any atom is 0.0702 e. The van der Waals surface area contributed by atoms with Crippen LogP contribution in [0.15, 0.2) is 0 Å². The molecule has 0 saturated carbocycles. The number of nitrogens with two attached hydrogens (primary N) is 1. The molecule has 16 heavy (non-hydrogen) atoms. The first-order chi connectivity index (χ1) is 7.22. The number of hydrogen-bond acceptors (Lipinski definition) is 3. The van der Waals surface area contributed by atoms with Crippen molar-refractivity contribution in [3.05, 3.63) is 0 Å². The van der Waals surface area contributed by atoms with Crippen LogP contribution in [0.3, 0.4) is 0 Å². The Morgan fingerprint density at radius 3 is 2.38 bits per heavy atom. The van der Waals surface area contributed by atoms with Gasteiger partial charge < -0.3 is 15.4 Å². The van der Waals surface area contributed by atoms with Gasteiger partial charge in [0, 0.05) is 25.2 Å². The Morgan fingerprint density at radius 2 is 1.94 bits per heavy atom. The molecule has 0 aromatic carbocycles. The van der Waals surface area contributed by atoms with Crippen LogP contribution in [0.1, 0.15) is 40.5 Å². The highest BCUT2D eigenvalue weighted by Crippen LogP contribution is 2.29. The van der Waals surface area contributed by atoms with Crippen LogP contribution in [0.2, 0.25) is 0 Å². The molecule has 3 nitrogen and oxygen atoms in total. The monoisotopic (exact) mass is 228 g/mol. The topological polar surface area (TPSA) is 38.5 Å². The first-order valence-electron chi connectivity index (χ1n) is 6.31. The summed E-state index contributed by atoms with van der Waals surface area (Å²) in [5, 5.41) is 0. The van der Waals surface area contributed by atoms with Crippen LogP contribution in [0.4, 0.5) is 0 Å². The van der Waals surface area contributed by atoms with Crippen molar-refractivity contribution in [3.63, 3.8) is 0 Å². The number of rotatable bonds is 5. The summed E-state index contributed by atoms with van der Waals surface area (Å²) in [6.07, 6.45) is 2.85. The summed E-state index contributed by atoms with van der Waals surface area (Å²) in [6.45, 7) is 11.7. The molecule has 1 unspecified atom stereocenters. The van der Waals surface area contributed by atoms with Crippen molar-refractivity contribution < 1.29 is 4.74 Å². The average Bonchev–Trinajstić information content (AvgIpc) is 2.52. The van der Waals surface area contributed by atoms with Crippen LogP contribution in [0.25, 0.3) is 0 Å². The van der Waals surface area contributed by atoms with E-state index in [0.29, 0.717) is 6.10 Å². The van der Waals surface area contributed by atoms with E-state index in [-0.39, 0.29) is 11.0 Å². The van der Waals surface area contributed by atoms with Gasteiger partial charge in [-0.25, -0.2) is 0 Å². The minimum atomic E-state index is -0.155. The molecule has 0 aliphatic carbocycles. The molecular weight excluding hydrogens is 200 g/mol. The quantitative estimate of drug-likeness (QED) is 0.780. The van der Waals surface area contributed by atoms with Gasteiger partial charge in [-0.3, -0.25) is 0 Å². The molecule has 1 aliphatic rings. The fraction of sp³-hybridized carbons (Fsp3) is 1.00. The Labute approximate surface area is 100 Å². The number of nitrogens with zero attached hydrogens (tertiary/aromatic N) is 1. The second-order valence-electron chi connectivity index (χ2n) is 6.44. The van der Waals surface area contributed by atoms with Crippen LogP contribution >= 0.6 is 0 Å². The van der Waals surface area contributed by atoms with Gasteiger partial charge in [-0.2, -0.15) is 0 Å². The molecule has 2 N–H and O–H groups in total. The van der Waals surface area contributed by atoms with Crippen molar-refractivity contribution in [2.45, 2.75) is 52.2 Å². The van der Waals surface area contributed by atoms with Crippen LogP contribution in [0.5, 0.6) is 0 Å². The summed E-state index contributed by atoms with van der Waals surface area (Å²) in [5.74, 6) is 0. The van der Waals surface area contributed by atoms with E-state index in [0.717, 1.165) is 19.7 Å². The smallest absolute Gasteiger partial charge is 0.0702 e. The Hall–Kier alpha value is -0.120. The highest BCUT2D eigenvalue weighted by Gasteiger charge is 2.34. The van der Waals surface area contributed by atoms with Gasteiger partial charge in [0.15, 0.2) is 0 Å². The van der Waals surface area contributed by atoms with Gasteiger partial charge in [-0.15, -0.1) is 0 Å². The Bertz CT molecular complexity index is 214. The molecule has 0 bridgehead atoms. The fourth-order valence-corrected chi connectivity index (χ4v) is 2.08. The van der Waals surface area contributed by atoms with Crippen molar-refractivity contribution in [2.75, 3.05) is 26.7 Å². The lowest BCUT2D eigenvalue weighted by Crippen LogP contribution is -2.53. The van der Waals surface area contributed by atoms with Gasteiger partial charge in [0.2, 0.25) is 0 Å². The van der Waals surface area contributed by atoms with Crippen LogP contribution in [-0.2, 0) is 4.74 Å². The van der Waals surface area contributed by atoms with Crippen molar-refractivity contribution in [2.24, 2.45) is 11.1 Å².